The lowest BCUT2D eigenvalue weighted by Gasteiger charge is -2.41. The second kappa shape index (κ2) is 9.46. The highest BCUT2D eigenvalue weighted by atomic mass is 32.2. The molecular weight excluding hydrogens is 334 g/mol. The lowest BCUT2D eigenvalue weighted by atomic mass is 9.98. The van der Waals surface area contributed by atoms with Gasteiger partial charge in [-0.3, -0.25) is 4.72 Å². The Hall–Kier alpha value is -1.24. The van der Waals surface area contributed by atoms with Gasteiger partial charge in [0.1, 0.15) is 6.61 Å². The van der Waals surface area contributed by atoms with Crippen LogP contribution in [0.4, 0.5) is 4.79 Å². The average Bonchev–Trinajstić information content (AvgIpc) is 2.68. The molecule has 2 saturated heterocycles. The van der Waals surface area contributed by atoms with Gasteiger partial charge < -0.3 is 14.5 Å². The van der Waals surface area contributed by atoms with Crippen molar-refractivity contribution < 1.29 is 9.53 Å². The van der Waals surface area contributed by atoms with E-state index >= 15 is 0 Å². The van der Waals surface area contributed by atoms with Gasteiger partial charge >= 0.3 is 6.09 Å². The molecule has 2 aliphatic rings. The van der Waals surface area contributed by atoms with Crippen LogP contribution in [0, 0.1) is 0 Å². The first-order valence-corrected chi connectivity index (χ1v) is 10.5. The van der Waals surface area contributed by atoms with Crippen LogP contribution in [0.25, 0.3) is 0 Å². The molecule has 2 heterocycles. The lowest BCUT2D eigenvalue weighted by molar-refractivity contribution is 0.0606. The Balaban J connectivity index is 1.37. The number of benzene rings is 1. The number of hydrogen-bond acceptors (Lipinski definition) is 5. The van der Waals surface area contributed by atoms with Gasteiger partial charge in [-0.2, -0.15) is 0 Å². The van der Waals surface area contributed by atoms with Crippen molar-refractivity contribution >= 4 is 18.0 Å². The van der Waals surface area contributed by atoms with Crippen LogP contribution in [-0.4, -0.2) is 60.4 Å². The maximum absolute atomic E-state index is 12.2. The Labute approximate surface area is 155 Å². The van der Waals surface area contributed by atoms with Gasteiger partial charge in [0.25, 0.3) is 0 Å². The summed E-state index contributed by atoms with van der Waals surface area (Å²) < 4.78 is 8.93. The molecule has 1 amide bonds. The van der Waals surface area contributed by atoms with Crippen LogP contribution in [0.5, 0.6) is 0 Å². The summed E-state index contributed by atoms with van der Waals surface area (Å²) in [4.78, 5) is 16.7. The number of carbonyl (C=O) groups excluding carboxylic acids is 1. The van der Waals surface area contributed by atoms with Gasteiger partial charge in [0.05, 0.1) is 0 Å². The number of nitrogens with one attached hydrogen (secondary N) is 1. The number of amides is 1. The van der Waals surface area contributed by atoms with E-state index in [0.29, 0.717) is 18.7 Å². The van der Waals surface area contributed by atoms with Crippen LogP contribution < -0.4 is 4.72 Å². The predicted molar refractivity (Wildman–Crippen MR) is 102 cm³/mol. The first-order chi connectivity index (χ1) is 12.3. The highest BCUT2D eigenvalue weighted by molar-refractivity contribution is 7.96. The van der Waals surface area contributed by atoms with Crippen molar-refractivity contribution in [2.75, 3.05) is 32.4 Å². The van der Waals surface area contributed by atoms with E-state index < -0.39 is 0 Å². The molecule has 0 unspecified atom stereocenters. The molecular formula is C19H29N3O2S. The predicted octanol–water partition coefficient (Wildman–Crippen LogP) is 3.12. The molecule has 0 aromatic heterocycles. The molecule has 6 heteroatoms. The summed E-state index contributed by atoms with van der Waals surface area (Å²) in [5, 5.41) is 0. The molecule has 0 spiro atoms. The van der Waals surface area contributed by atoms with Crippen LogP contribution in [0.1, 0.15) is 31.2 Å². The van der Waals surface area contributed by atoms with Crippen molar-refractivity contribution in [2.24, 2.45) is 0 Å². The fourth-order valence-electron chi connectivity index (χ4n) is 3.77. The highest BCUT2D eigenvalue weighted by Crippen LogP contribution is 2.22. The third kappa shape index (κ3) is 5.36. The molecule has 1 aromatic rings. The molecule has 2 fully saturated rings. The minimum absolute atomic E-state index is 0.176. The largest absolute Gasteiger partial charge is 0.445 e. The normalized spacial score (nSPS) is 20.6. The molecule has 0 aliphatic carbocycles. The van der Waals surface area contributed by atoms with Gasteiger partial charge in [-0.15, -0.1) is 0 Å². The number of nitrogens with zero attached hydrogens (tertiary/aromatic N) is 2. The molecule has 25 heavy (non-hydrogen) atoms. The third-order valence-corrected chi connectivity index (χ3v) is 5.83. The van der Waals surface area contributed by atoms with Crippen molar-refractivity contribution in [3.63, 3.8) is 0 Å². The molecule has 2 aliphatic heterocycles. The summed E-state index contributed by atoms with van der Waals surface area (Å²) in [5.41, 5.74) is 1.03. The van der Waals surface area contributed by atoms with E-state index in [9.17, 15) is 4.79 Å². The fraction of sp³-hybridized carbons (Fsp3) is 0.632. The zero-order chi connectivity index (χ0) is 17.5. The van der Waals surface area contributed by atoms with Gasteiger partial charge in [0, 0.05) is 25.2 Å². The minimum Gasteiger partial charge on any atom is -0.445 e. The van der Waals surface area contributed by atoms with Gasteiger partial charge in [-0.1, -0.05) is 42.3 Å². The Bertz CT molecular complexity index is 527. The summed E-state index contributed by atoms with van der Waals surface area (Å²) in [6.07, 6.45) is 6.48. The van der Waals surface area contributed by atoms with Crippen LogP contribution in [-0.2, 0) is 11.3 Å². The van der Waals surface area contributed by atoms with Crippen molar-refractivity contribution in [1.29, 1.82) is 0 Å². The number of rotatable bonds is 5. The SMILES string of the molecule is CSNC1CCN(C2CCN(C(=O)OCc3ccccc3)CC2)CC1. The third-order valence-electron chi connectivity index (χ3n) is 5.26. The minimum atomic E-state index is -0.176. The monoisotopic (exact) mass is 363 g/mol. The number of piperidine rings is 2. The summed E-state index contributed by atoms with van der Waals surface area (Å²) in [7, 11) is 0. The van der Waals surface area contributed by atoms with Gasteiger partial charge in [-0.25, -0.2) is 4.79 Å². The molecule has 5 nitrogen and oxygen atoms in total. The van der Waals surface area contributed by atoms with E-state index in [1.54, 1.807) is 11.9 Å². The average molecular weight is 364 g/mol. The molecule has 0 bridgehead atoms. The van der Waals surface area contributed by atoms with Gasteiger partial charge in [-0.05, 0) is 50.6 Å². The summed E-state index contributed by atoms with van der Waals surface area (Å²) in [5.74, 6) is 0. The zero-order valence-electron chi connectivity index (χ0n) is 15.0. The first kappa shape index (κ1) is 18.5. The quantitative estimate of drug-likeness (QED) is 0.815. The summed E-state index contributed by atoms with van der Waals surface area (Å²) in [6, 6.07) is 11.1. The topological polar surface area (TPSA) is 44.8 Å². The standard InChI is InChI=1S/C19H29N3O2S/c1-25-20-17-7-11-21(12-8-17)18-9-13-22(14-10-18)19(23)24-15-16-5-3-2-4-6-16/h2-6,17-18,20H,7-15H2,1H3. The van der Waals surface area contributed by atoms with Gasteiger partial charge in [0.15, 0.2) is 0 Å². The smallest absolute Gasteiger partial charge is 0.410 e. The second-order valence-corrected chi connectivity index (χ2v) is 7.53. The molecule has 0 atom stereocenters. The zero-order valence-corrected chi connectivity index (χ0v) is 15.8. The van der Waals surface area contributed by atoms with Gasteiger partial charge in [0.2, 0.25) is 0 Å². The van der Waals surface area contributed by atoms with E-state index in [1.165, 1.54) is 25.9 Å². The van der Waals surface area contributed by atoms with E-state index in [0.717, 1.165) is 31.5 Å². The molecule has 138 valence electrons. The fourth-order valence-corrected chi connectivity index (χ4v) is 4.34. The number of likely N-dealkylation sites (tertiary alicyclic amines) is 2. The van der Waals surface area contributed by atoms with E-state index in [1.807, 2.05) is 35.2 Å². The first-order valence-electron chi connectivity index (χ1n) is 9.24. The van der Waals surface area contributed by atoms with Crippen LogP contribution >= 0.6 is 11.9 Å². The Morgan fingerprint density at radius 1 is 1.12 bits per heavy atom. The van der Waals surface area contributed by atoms with Crippen molar-refractivity contribution in [2.45, 2.75) is 44.4 Å². The van der Waals surface area contributed by atoms with E-state index in [4.69, 9.17) is 4.74 Å². The maximum Gasteiger partial charge on any atom is 0.410 e. The molecule has 0 saturated carbocycles. The Morgan fingerprint density at radius 3 is 2.44 bits per heavy atom. The lowest BCUT2D eigenvalue weighted by Crippen LogP contribution is -2.50. The number of ether oxygens (including phenoxy) is 1. The van der Waals surface area contributed by atoms with Crippen molar-refractivity contribution in [3.05, 3.63) is 35.9 Å². The summed E-state index contributed by atoms with van der Waals surface area (Å²) >= 11 is 1.72. The highest BCUT2D eigenvalue weighted by Gasteiger charge is 2.30. The van der Waals surface area contributed by atoms with Crippen molar-refractivity contribution in [3.8, 4) is 0 Å². The Morgan fingerprint density at radius 2 is 1.80 bits per heavy atom. The van der Waals surface area contributed by atoms with E-state index in [-0.39, 0.29) is 6.09 Å². The maximum atomic E-state index is 12.2. The number of carbonyl (C=O) groups is 1. The van der Waals surface area contributed by atoms with Crippen LogP contribution in [0.2, 0.25) is 0 Å². The number of hydrogen-bond donors (Lipinski definition) is 1. The molecule has 3 rings (SSSR count). The van der Waals surface area contributed by atoms with Crippen LogP contribution in [0.3, 0.4) is 0 Å². The molecule has 1 aromatic carbocycles. The summed E-state index contributed by atoms with van der Waals surface area (Å²) in [6.45, 7) is 4.31. The second-order valence-electron chi connectivity index (χ2n) is 6.89. The molecule has 0 radical (unpaired) electrons. The van der Waals surface area contributed by atoms with Crippen molar-refractivity contribution in [1.82, 2.24) is 14.5 Å². The Kier molecular flexibility index (Phi) is 7.02. The van der Waals surface area contributed by atoms with Crippen LogP contribution in [0.15, 0.2) is 30.3 Å². The van der Waals surface area contributed by atoms with E-state index in [2.05, 4.69) is 15.9 Å². The molecule has 1 N–H and O–H groups in total.